The minimum Gasteiger partial charge on any atom is -0.456 e. The second-order valence-electron chi connectivity index (χ2n) is 10.3. The van der Waals surface area contributed by atoms with E-state index in [4.69, 9.17) is 14.2 Å². The van der Waals surface area contributed by atoms with Gasteiger partial charge in [0.1, 0.15) is 18.2 Å². The monoisotopic (exact) mass is 548 g/mol. The number of alkyl carbamates (subject to hydrolysis) is 2. The summed E-state index contributed by atoms with van der Waals surface area (Å²) < 4.78 is 15.7. The Morgan fingerprint density at radius 3 is 2.23 bits per heavy atom. The van der Waals surface area contributed by atoms with Crippen LogP contribution in [0.4, 0.5) is 9.59 Å². The molecule has 0 aliphatic rings. The number of unbranched alkanes of at least 4 members (excludes halogenated alkanes) is 1. The van der Waals surface area contributed by atoms with E-state index < -0.39 is 36.4 Å². The third-order valence-electron chi connectivity index (χ3n) is 5.79. The Labute approximate surface area is 234 Å². The molecular formula is C31H36N2O7. The van der Waals surface area contributed by atoms with Gasteiger partial charge in [0.15, 0.2) is 12.4 Å². The molecule has 0 aliphatic heterocycles. The maximum Gasteiger partial charge on any atom is 0.408 e. The second-order valence-corrected chi connectivity index (χ2v) is 10.3. The molecule has 0 aromatic heterocycles. The summed E-state index contributed by atoms with van der Waals surface area (Å²) in [6.45, 7) is 5.17. The second kappa shape index (κ2) is 14.7. The van der Waals surface area contributed by atoms with Gasteiger partial charge in [-0.2, -0.15) is 0 Å². The summed E-state index contributed by atoms with van der Waals surface area (Å²) in [6, 6.07) is 21.2. The predicted octanol–water partition coefficient (Wildman–Crippen LogP) is 5.56. The van der Waals surface area contributed by atoms with Crippen LogP contribution in [0.5, 0.6) is 0 Å². The zero-order chi connectivity index (χ0) is 29.0. The molecule has 2 amide bonds. The van der Waals surface area contributed by atoms with Crippen LogP contribution in [0.25, 0.3) is 10.8 Å². The summed E-state index contributed by atoms with van der Waals surface area (Å²) in [5.41, 5.74) is 0.550. The van der Waals surface area contributed by atoms with Gasteiger partial charge in [-0.1, -0.05) is 66.7 Å². The lowest BCUT2D eigenvalue weighted by molar-refractivity contribution is -0.145. The quantitative estimate of drug-likeness (QED) is 0.132. The lowest BCUT2D eigenvalue weighted by Crippen LogP contribution is -2.44. The molecule has 40 heavy (non-hydrogen) atoms. The van der Waals surface area contributed by atoms with Crippen LogP contribution in [0.2, 0.25) is 0 Å². The minimum absolute atomic E-state index is 0.165. The molecule has 1 atom stereocenters. The Morgan fingerprint density at radius 2 is 1.50 bits per heavy atom. The number of esters is 1. The first-order valence-corrected chi connectivity index (χ1v) is 13.2. The number of nitrogens with one attached hydrogen (secondary N) is 2. The van der Waals surface area contributed by atoms with Gasteiger partial charge in [0.25, 0.3) is 0 Å². The van der Waals surface area contributed by atoms with Gasteiger partial charge in [-0.25, -0.2) is 14.4 Å². The van der Waals surface area contributed by atoms with Gasteiger partial charge in [-0.05, 0) is 62.4 Å². The summed E-state index contributed by atoms with van der Waals surface area (Å²) in [5, 5.41) is 7.11. The average Bonchev–Trinajstić information content (AvgIpc) is 2.93. The summed E-state index contributed by atoms with van der Waals surface area (Å²) in [6.07, 6.45) is -0.0800. The highest BCUT2D eigenvalue weighted by Gasteiger charge is 2.26. The number of ether oxygens (including phenoxy) is 3. The zero-order valence-corrected chi connectivity index (χ0v) is 23.1. The van der Waals surface area contributed by atoms with Gasteiger partial charge in [0, 0.05) is 12.1 Å². The molecule has 2 N–H and O–H groups in total. The number of amides is 2. The molecule has 9 nitrogen and oxygen atoms in total. The number of carbonyl (C=O) groups is 4. The maximum absolute atomic E-state index is 12.8. The number of fused-ring (bicyclic) bond motifs is 1. The predicted molar refractivity (Wildman–Crippen MR) is 151 cm³/mol. The molecule has 9 heteroatoms. The standard InChI is InChI=1S/C31H36N2O7/c1-31(2,3)40-30(37)33-26(15-9-10-18-32-29(36)39-20-22-11-5-4-6-12-22)28(35)38-21-27(34)25-17-16-23-13-7-8-14-24(23)19-25/h4-8,11-14,16-17,19,26H,9-10,15,18,20-21H2,1-3H3,(H,32,36)(H,33,37)/t26-/m0/s1. The van der Waals surface area contributed by atoms with Crippen LogP contribution in [-0.4, -0.2) is 48.7 Å². The van der Waals surface area contributed by atoms with E-state index in [1.54, 1.807) is 32.9 Å². The average molecular weight is 549 g/mol. The van der Waals surface area contributed by atoms with Crippen molar-refractivity contribution in [3.05, 3.63) is 83.9 Å². The van der Waals surface area contributed by atoms with E-state index in [1.165, 1.54) is 0 Å². The number of carbonyl (C=O) groups excluding carboxylic acids is 4. The first-order chi connectivity index (χ1) is 19.1. The summed E-state index contributed by atoms with van der Waals surface area (Å²) in [5.74, 6) is -1.09. The van der Waals surface area contributed by atoms with Crippen LogP contribution in [-0.2, 0) is 25.6 Å². The lowest BCUT2D eigenvalue weighted by Gasteiger charge is -2.23. The molecule has 0 aliphatic carbocycles. The first kappa shape index (κ1) is 30.1. The third kappa shape index (κ3) is 10.4. The molecule has 0 saturated carbocycles. The van der Waals surface area contributed by atoms with Crippen molar-refractivity contribution >= 4 is 34.7 Å². The van der Waals surface area contributed by atoms with Crippen LogP contribution in [0.15, 0.2) is 72.8 Å². The first-order valence-electron chi connectivity index (χ1n) is 13.2. The van der Waals surface area contributed by atoms with Crippen molar-refractivity contribution in [1.82, 2.24) is 10.6 Å². The fourth-order valence-electron chi connectivity index (χ4n) is 3.82. The molecule has 0 unspecified atom stereocenters. The third-order valence-corrected chi connectivity index (χ3v) is 5.79. The molecular weight excluding hydrogens is 512 g/mol. The van der Waals surface area contributed by atoms with Gasteiger partial charge in [0.05, 0.1) is 0 Å². The Bertz CT molecular complexity index is 1300. The highest BCUT2D eigenvalue weighted by molar-refractivity contribution is 6.01. The number of Topliss-reactive ketones (excluding diaryl/α,β-unsaturated/α-hetero) is 1. The number of hydrogen-bond acceptors (Lipinski definition) is 7. The molecule has 212 valence electrons. The molecule has 3 aromatic rings. The highest BCUT2D eigenvalue weighted by Crippen LogP contribution is 2.16. The summed E-state index contributed by atoms with van der Waals surface area (Å²) >= 11 is 0. The van der Waals surface area contributed by atoms with Gasteiger partial charge in [-0.15, -0.1) is 0 Å². The van der Waals surface area contributed by atoms with E-state index in [2.05, 4.69) is 10.6 Å². The minimum atomic E-state index is -1.02. The van der Waals surface area contributed by atoms with Crippen molar-refractivity contribution in [2.75, 3.05) is 13.2 Å². The molecule has 0 radical (unpaired) electrons. The van der Waals surface area contributed by atoms with Crippen LogP contribution < -0.4 is 10.6 Å². The van der Waals surface area contributed by atoms with E-state index in [0.717, 1.165) is 16.3 Å². The van der Waals surface area contributed by atoms with Gasteiger partial charge >= 0.3 is 18.2 Å². The van der Waals surface area contributed by atoms with Crippen molar-refractivity contribution in [2.45, 2.75) is 58.3 Å². The van der Waals surface area contributed by atoms with Gasteiger partial charge < -0.3 is 24.8 Å². The summed E-state index contributed by atoms with van der Waals surface area (Å²) in [4.78, 5) is 49.8. The largest absolute Gasteiger partial charge is 0.456 e. The van der Waals surface area contributed by atoms with E-state index in [-0.39, 0.29) is 18.8 Å². The fraction of sp³-hybridized carbons (Fsp3) is 0.355. The Hall–Kier alpha value is -4.40. The normalized spacial score (nSPS) is 11.8. The van der Waals surface area contributed by atoms with Crippen molar-refractivity contribution in [1.29, 1.82) is 0 Å². The molecule has 0 spiro atoms. The lowest BCUT2D eigenvalue weighted by atomic mass is 10.0. The zero-order valence-electron chi connectivity index (χ0n) is 23.1. The van der Waals surface area contributed by atoms with Crippen LogP contribution >= 0.6 is 0 Å². The molecule has 3 aromatic carbocycles. The van der Waals surface area contributed by atoms with Gasteiger partial charge in [-0.3, -0.25) is 4.79 Å². The number of ketones is 1. The van der Waals surface area contributed by atoms with Crippen molar-refractivity contribution in [2.24, 2.45) is 0 Å². The fourth-order valence-corrected chi connectivity index (χ4v) is 3.82. The van der Waals surface area contributed by atoms with Crippen molar-refractivity contribution in [3.8, 4) is 0 Å². The SMILES string of the molecule is CC(C)(C)OC(=O)N[C@@H](CCCCNC(=O)OCc1ccccc1)C(=O)OCC(=O)c1ccc2ccccc2c1. The molecule has 0 heterocycles. The maximum atomic E-state index is 12.8. The van der Waals surface area contributed by atoms with E-state index in [1.807, 2.05) is 60.7 Å². The molecule has 0 bridgehead atoms. The molecule has 0 saturated heterocycles. The van der Waals surface area contributed by atoms with Crippen molar-refractivity contribution < 1.29 is 33.4 Å². The van der Waals surface area contributed by atoms with E-state index >= 15 is 0 Å². The Kier molecular flexibility index (Phi) is 11.1. The molecule has 0 fully saturated rings. The van der Waals surface area contributed by atoms with Crippen molar-refractivity contribution in [3.63, 3.8) is 0 Å². The summed E-state index contributed by atoms with van der Waals surface area (Å²) in [7, 11) is 0. The topological polar surface area (TPSA) is 120 Å². The molecule has 3 rings (SSSR count). The smallest absolute Gasteiger partial charge is 0.408 e. The number of rotatable bonds is 12. The van der Waals surface area contributed by atoms with E-state index in [9.17, 15) is 19.2 Å². The number of benzene rings is 3. The number of hydrogen-bond donors (Lipinski definition) is 2. The van der Waals surface area contributed by atoms with E-state index in [0.29, 0.717) is 24.9 Å². The van der Waals surface area contributed by atoms with Crippen LogP contribution in [0, 0.1) is 0 Å². The Morgan fingerprint density at radius 1 is 0.800 bits per heavy atom. The Balaban J connectivity index is 1.48. The van der Waals surface area contributed by atoms with Crippen LogP contribution in [0.3, 0.4) is 0 Å². The van der Waals surface area contributed by atoms with Crippen LogP contribution in [0.1, 0.15) is 56.0 Å². The highest BCUT2D eigenvalue weighted by atomic mass is 16.6. The van der Waals surface area contributed by atoms with Gasteiger partial charge in [0.2, 0.25) is 0 Å².